The SMILES string of the molecule is CC(C)(C)OC(=O)N1CCC2CCN(c3cc(C=O)cn4ncnc34)CC21. The Hall–Kier alpha value is -2.64. The van der Waals surface area contributed by atoms with Crippen LogP contribution in [0.4, 0.5) is 10.5 Å². The first-order valence-electron chi connectivity index (χ1n) is 9.39. The van der Waals surface area contributed by atoms with Crippen molar-refractivity contribution < 1.29 is 14.3 Å². The number of piperidine rings is 1. The zero-order chi connectivity index (χ0) is 19.2. The van der Waals surface area contributed by atoms with Crippen molar-refractivity contribution in [1.82, 2.24) is 19.5 Å². The number of carbonyl (C=O) groups excluding carboxylic acids is 2. The number of aldehydes is 1. The number of amides is 1. The van der Waals surface area contributed by atoms with Crippen molar-refractivity contribution in [2.24, 2.45) is 5.92 Å². The Morgan fingerprint density at radius 1 is 1.30 bits per heavy atom. The Kier molecular flexibility index (Phi) is 4.28. The number of fused-ring (bicyclic) bond motifs is 2. The maximum Gasteiger partial charge on any atom is 0.410 e. The van der Waals surface area contributed by atoms with E-state index in [9.17, 15) is 9.59 Å². The number of aromatic nitrogens is 3. The van der Waals surface area contributed by atoms with E-state index in [0.29, 0.717) is 18.0 Å². The first-order valence-corrected chi connectivity index (χ1v) is 9.39. The molecule has 8 heteroatoms. The molecule has 2 saturated heterocycles. The van der Waals surface area contributed by atoms with Crippen LogP contribution in [-0.2, 0) is 4.74 Å². The summed E-state index contributed by atoms with van der Waals surface area (Å²) in [6.07, 6.45) is 5.74. The topological polar surface area (TPSA) is 80.0 Å². The van der Waals surface area contributed by atoms with Crippen LogP contribution in [-0.4, -0.2) is 63.2 Å². The summed E-state index contributed by atoms with van der Waals surface area (Å²) in [5, 5.41) is 4.17. The van der Waals surface area contributed by atoms with E-state index in [1.54, 1.807) is 10.7 Å². The average Bonchev–Trinajstić information content (AvgIpc) is 3.25. The number of rotatable bonds is 2. The van der Waals surface area contributed by atoms with Gasteiger partial charge in [0.05, 0.1) is 11.7 Å². The van der Waals surface area contributed by atoms with Gasteiger partial charge in [-0.05, 0) is 45.6 Å². The lowest BCUT2D eigenvalue weighted by atomic mass is 9.92. The van der Waals surface area contributed by atoms with E-state index in [2.05, 4.69) is 15.0 Å². The predicted molar refractivity (Wildman–Crippen MR) is 100 cm³/mol. The molecular weight excluding hydrogens is 346 g/mol. The van der Waals surface area contributed by atoms with Gasteiger partial charge in [0.1, 0.15) is 11.9 Å². The zero-order valence-corrected chi connectivity index (χ0v) is 16.0. The third-order valence-electron chi connectivity index (χ3n) is 5.34. The molecule has 0 aliphatic carbocycles. The fraction of sp³-hybridized carbons (Fsp3) is 0.579. The van der Waals surface area contributed by atoms with E-state index in [-0.39, 0.29) is 12.1 Å². The van der Waals surface area contributed by atoms with Gasteiger partial charge in [-0.1, -0.05) is 0 Å². The van der Waals surface area contributed by atoms with E-state index in [0.717, 1.165) is 43.6 Å². The van der Waals surface area contributed by atoms with Crippen molar-refractivity contribution in [3.8, 4) is 0 Å². The highest BCUT2D eigenvalue weighted by Crippen LogP contribution is 2.35. The van der Waals surface area contributed by atoms with Crippen molar-refractivity contribution in [3.05, 3.63) is 24.2 Å². The summed E-state index contributed by atoms with van der Waals surface area (Å²) >= 11 is 0. The molecule has 4 rings (SSSR count). The molecule has 2 aliphatic heterocycles. The highest BCUT2D eigenvalue weighted by molar-refractivity contribution is 5.81. The van der Waals surface area contributed by atoms with Crippen LogP contribution in [0.3, 0.4) is 0 Å². The van der Waals surface area contributed by atoms with Gasteiger partial charge >= 0.3 is 6.09 Å². The fourth-order valence-electron chi connectivity index (χ4n) is 4.13. The summed E-state index contributed by atoms with van der Waals surface area (Å²) in [7, 11) is 0. The third kappa shape index (κ3) is 3.36. The van der Waals surface area contributed by atoms with E-state index in [4.69, 9.17) is 4.74 Å². The lowest BCUT2D eigenvalue weighted by Gasteiger charge is -2.39. The summed E-state index contributed by atoms with van der Waals surface area (Å²) in [5.41, 5.74) is 1.66. The molecule has 2 aromatic rings. The monoisotopic (exact) mass is 371 g/mol. The number of anilines is 1. The van der Waals surface area contributed by atoms with Gasteiger partial charge < -0.3 is 14.5 Å². The Bertz CT molecular complexity index is 872. The van der Waals surface area contributed by atoms with Gasteiger partial charge in [-0.2, -0.15) is 5.10 Å². The summed E-state index contributed by atoms with van der Waals surface area (Å²) in [6, 6.07) is 1.96. The number of hydrogen-bond donors (Lipinski definition) is 0. The van der Waals surface area contributed by atoms with Crippen LogP contribution in [0.15, 0.2) is 18.6 Å². The summed E-state index contributed by atoms with van der Waals surface area (Å²) in [4.78, 5) is 32.4. The quantitative estimate of drug-likeness (QED) is 0.754. The molecule has 8 nitrogen and oxygen atoms in total. The molecule has 0 spiro atoms. The first-order chi connectivity index (χ1) is 12.9. The standard InChI is InChI=1S/C19H25N5O3/c1-19(2,3)27-18(26)23-7-5-14-4-6-22(10-16(14)23)15-8-13(11-25)9-24-17(15)20-12-21-24/h8-9,11-12,14,16H,4-7,10H2,1-3H3. The highest BCUT2D eigenvalue weighted by Gasteiger charge is 2.42. The molecule has 2 atom stereocenters. The van der Waals surface area contributed by atoms with Gasteiger partial charge in [0.2, 0.25) is 0 Å². The molecule has 0 saturated carbocycles. The summed E-state index contributed by atoms with van der Waals surface area (Å²) < 4.78 is 7.23. The minimum atomic E-state index is -0.504. The molecule has 2 fully saturated rings. The lowest BCUT2D eigenvalue weighted by molar-refractivity contribution is 0.0203. The smallest absolute Gasteiger partial charge is 0.410 e. The van der Waals surface area contributed by atoms with Crippen molar-refractivity contribution in [1.29, 1.82) is 0 Å². The largest absolute Gasteiger partial charge is 0.444 e. The third-order valence-corrected chi connectivity index (χ3v) is 5.34. The van der Waals surface area contributed by atoms with E-state index in [1.807, 2.05) is 31.7 Å². The molecule has 1 amide bonds. The number of carbonyl (C=O) groups is 2. The van der Waals surface area contributed by atoms with Gasteiger partial charge in [0.15, 0.2) is 11.9 Å². The number of nitrogens with zero attached hydrogens (tertiary/aromatic N) is 5. The van der Waals surface area contributed by atoms with Crippen molar-refractivity contribution in [2.45, 2.75) is 45.3 Å². The minimum Gasteiger partial charge on any atom is -0.444 e. The molecule has 2 unspecified atom stereocenters. The summed E-state index contributed by atoms with van der Waals surface area (Å²) in [6.45, 7) is 7.96. The van der Waals surface area contributed by atoms with E-state index >= 15 is 0 Å². The van der Waals surface area contributed by atoms with Gasteiger partial charge in [0.25, 0.3) is 0 Å². The van der Waals surface area contributed by atoms with Crippen molar-refractivity contribution in [3.63, 3.8) is 0 Å². The van der Waals surface area contributed by atoms with Crippen molar-refractivity contribution >= 4 is 23.7 Å². The van der Waals surface area contributed by atoms with Crippen LogP contribution in [0.5, 0.6) is 0 Å². The first kappa shape index (κ1) is 17.8. The Labute approximate surface area is 158 Å². The number of likely N-dealkylation sites (tertiary alicyclic amines) is 1. The molecule has 4 heterocycles. The lowest BCUT2D eigenvalue weighted by Crippen LogP contribution is -2.51. The fourth-order valence-corrected chi connectivity index (χ4v) is 4.13. The molecule has 2 aromatic heterocycles. The second-order valence-electron chi connectivity index (χ2n) is 8.33. The maximum absolute atomic E-state index is 12.6. The van der Waals surface area contributed by atoms with E-state index < -0.39 is 5.60 Å². The van der Waals surface area contributed by atoms with Gasteiger partial charge in [-0.3, -0.25) is 4.79 Å². The van der Waals surface area contributed by atoms with Crippen LogP contribution in [0, 0.1) is 5.92 Å². The number of pyridine rings is 1. The Morgan fingerprint density at radius 2 is 2.07 bits per heavy atom. The van der Waals surface area contributed by atoms with E-state index in [1.165, 1.54) is 6.33 Å². The number of ether oxygens (including phenoxy) is 1. The van der Waals surface area contributed by atoms with Crippen molar-refractivity contribution in [2.75, 3.05) is 24.5 Å². The minimum absolute atomic E-state index is 0.108. The second kappa shape index (κ2) is 6.51. The zero-order valence-electron chi connectivity index (χ0n) is 16.0. The molecule has 0 radical (unpaired) electrons. The molecule has 2 aliphatic rings. The Morgan fingerprint density at radius 3 is 2.81 bits per heavy atom. The van der Waals surface area contributed by atoms with Gasteiger partial charge in [-0.15, -0.1) is 0 Å². The van der Waals surface area contributed by atoms with Crippen LogP contribution < -0.4 is 4.90 Å². The molecule has 27 heavy (non-hydrogen) atoms. The second-order valence-corrected chi connectivity index (χ2v) is 8.33. The molecule has 0 N–H and O–H groups in total. The van der Waals surface area contributed by atoms with Gasteiger partial charge in [0, 0.05) is 31.4 Å². The van der Waals surface area contributed by atoms with Crippen LogP contribution >= 0.6 is 0 Å². The number of hydrogen-bond acceptors (Lipinski definition) is 6. The maximum atomic E-state index is 12.6. The molecule has 0 bridgehead atoms. The normalized spacial score (nSPS) is 22.8. The van der Waals surface area contributed by atoms with Gasteiger partial charge in [-0.25, -0.2) is 14.3 Å². The summed E-state index contributed by atoms with van der Waals surface area (Å²) in [5.74, 6) is 0.483. The predicted octanol–water partition coefficient (Wildman–Crippen LogP) is 2.38. The average molecular weight is 371 g/mol. The molecule has 144 valence electrons. The molecule has 0 aromatic carbocycles. The van der Waals surface area contributed by atoms with Crippen LogP contribution in [0.2, 0.25) is 0 Å². The highest BCUT2D eigenvalue weighted by atomic mass is 16.6. The van der Waals surface area contributed by atoms with Crippen LogP contribution in [0.25, 0.3) is 5.65 Å². The molecular formula is C19H25N5O3. The Balaban J connectivity index is 1.60. The van der Waals surface area contributed by atoms with Crippen LogP contribution in [0.1, 0.15) is 44.0 Å².